The monoisotopic (exact) mass is 453 g/mol. The highest BCUT2D eigenvalue weighted by Crippen LogP contribution is 2.47. The Hall–Kier alpha value is -3.25. The van der Waals surface area contributed by atoms with Crippen LogP contribution in [0.3, 0.4) is 0 Å². The lowest BCUT2D eigenvalue weighted by Gasteiger charge is -2.38. The van der Waals surface area contributed by atoms with E-state index < -0.39 is 17.8 Å². The number of rotatable bonds is 5. The van der Waals surface area contributed by atoms with Crippen molar-refractivity contribution in [3.63, 3.8) is 0 Å². The molecule has 1 aliphatic carbocycles. The van der Waals surface area contributed by atoms with Gasteiger partial charge in [0.1, 0.15) is 12.4 Å². The minimum Gasteiger partial charge on any atom is -0.503 e. The number of aromatic hydroxyl groups is 1. The van der Waals surface area contributed by atoms with Crippen LogP contribution >= 0.6 is 11.6 Å². The van der Waals surface area contributed by atoms with Crippen molar-refractivity contribution in [2.75, 3.05) is 7.11 Å². The van der Waals surface area contributed by atoms with Crippen molar-refractivity contribution in [1.82, 2.24) is 5.32 Å². The van der Waals surface area contributed by atoms with Crippen molar-refractivity contribution < 1.29 is 24.2 Å². The number of esters is 1. The zero-order valence-corrected chi connectivity index (χ0v) is 18.6. The number of carbonyl (C=O) groups excluding carboxylic acids is 2. The van der Waals surface area contributed by atoms with E-state index in [4.69, 9.17) is 21.1 Å². The maximum absolute atomic E-state index is 13.3. The number of nitrogens with one attached hydrogen (secondary N) is 1. The quantitative estimate of drug-likeness (QED) is 0.642. The standard InChI is InChI=1S/C25H24ClNO5/c1-14-21(25(30)32-13-15-7-4-3-5-8-15)22(23-18(27-14)9-6-10-19(23)28)16-11-17(26)24(29)20(12-16)31-2/h3-5,7-9,11-12,22-23,27,29H,6,10,13H2,1-2H3. The van der Waals surface area contributed by atoms with E-state index in [0.29, 0.717) is 29.7 Å². The summed E-state index contributed by atoms with van der Waals surface area (Å²) in [6.07, 6.45) is 3.03. The van der Waals surface area contributed by atoms with Crippen molar-refractivity contribution in [2.24, 2.45) is 5.92 Å². The van der Waals surface area contributed by atoms with Crippen LogP contribution in [0.5, 0.6) is 11.5 Å². The number of fused-ring (bicyclic) bond motifs is 1. The summed E-state index contributed by atoms with van der Waals surface area (Å²) in [5.74, 6) is -1.68. The third-order valence-electron chi connectivity index (χ3n) is 5.88. The lowest BCUT2D eigenvalue weighted by Crippen LogP contribution is -2.40. The fourth-order valence-corrected chi connectivity index (χ4v) is 4.59. The lowest BCUT2D eigenvalue weighted by atomic mass is 9.71. The number of hydrogen-bond acceptors (Lipinski definition) is 6. The Morgan fingerprint density at radius 1 is 1.22 bits per heavy atom. The van der Waals surface area contributed by atoms with Crippen LogP contribution in [0, 0.1) is 5.92 Å². The Labute approximate surface area is 191 Å². The molecule has 0 saturated heterocycles. The highest BCUT2D eigenvalue weighted by atomic mass is 35.5. The number of phenols is 1. The number of carbonyl (C=O) groups is 2. The Morgan fingerprint density at radius 3 is 2.69 bits per heavy atom. The van der Waals surface area contributed by atoms with E-state index in [1.54, 1.807) is 19.1 Å². The van der Waals surface area contributed by atoms with Crippen molar-refractivity contribution in [3.8, 4) is 11.5 Å². The van der Waals surface area contributed by atoms with Crippen LogP contribution in [0.15, 0.2) is 65.5 Å². The summed E-state index contributed by atoms with van der Waals surface area (Å²) in [5.41, 5.74) is 3.22. The molecular formula is C25H24ClNO5. The van der Waals surface area contributed by atoms with E-state index in [1.165, 1.54) is 7.11 Å². The summed E-state index contributed by atoms with van der Waals surface area (Å²) in [4.78, 5) is 26.3. The Bertz CT molecular complexity index is 1120. The molecule has 1 aliphatic heterocycles. The Balaban J connectivity index is 1.78. The van der Waals surface area contributed by atoms with Gasteiger partial charge in [0.2, 0.25) is 0 Å². The number of methoxy groups -OCH3 is 1. The summed E-state index contributed by atoms with van der Waals surface area (Å²) in [6, 6.07) is 12.6. The molecule has 2 aromatic rings. The van der Waals surface area contributed by atoms with E-state index in [9.17, 15) is 14.7 Å². The molecule has 166 valence electrons. The predicted molar refractivity (Wildman–Crippen MR) is 120 cm³/mol. The van der Waals surface area contributed by atoms with Crippen molar-refractivity contribution in [3.05, 3.63) is 81.7 Å². The first-order valence-electron chi connectivity index (χ1n) is 10.4. The second-order valence-electron chi connectivity index (χ2n) is 7.90. The number of ether oxygens (including phenoxy) is 2. The molecule has 0 saturated carbocycles. The second-order valence-corrected chi connectivity index (χ2v) is 8.31. The van der Waals surface area contributed by atoms with Gasteiger partial charge in [-0.15, -0.1) is 0 Å². The van der Waals surface area contributed by atoms with Crippen LogP contribution in [-0.4, -0.2) is 24.0 Å². The first kappa shape index (κ1) is 22.0. The number of benzene rings is 2. The number of phenolic OH excluding ortho intramolecular Hbond substituents is 1. The van der Waals surface area contributed by atoms with E-state index >= 15 is 0 Å². The molecule has 2 aromatic carbocycles. The van der Waals surface area contributed by atoms with Crippen LogP contribution in [-0.2, 0) is 20.9 Å². The summed E-state index contributed by atoms with van der Waals surface area (Å²) >= 11 is 6.26. The van der Waals surface area contributed by atoms with Gasteiger partial charge in [0, 0.05) is 23.7 Å². The number of ketones is 1. The SMILES string of the molecule is COc1cc(C2C(C(=O)OCc3ccccc3)=C(C)NC3=CCCC(=O)C32)cc(Cl)c1O. The highest BCUT2D eigenvalue weighted by Gasteiger charge is 2.43. The van der Waals surface area contributed by atoms with Crippen LogP contribution in [0.4, 0.5) is 0 Å². The molecule has 2 atom stereocenters. The minimum absolute atomic E-state index is 0.0315. The van der Waals surface area contributed by atoms with E-state index in [1.807, 2.05) is 36.4 Å². The van der Waals surface area contributed by atoms with Gasteiger partial charge in [0.25, 0.3) is 0 Å². The Morgan fingerprint density at radius 2 is 1.97 bits per heavy atom. The molecule has 0 aromatic heterocycles. The first-order chi connectivity index (χ1) is 15.4. The van der Waals surface area contributed by atoms with Crippen molar-refractivity contribution >= 4 is 23.4 Å². The van der Waals surface area contributed by atoms with E-state index in [2.05, 4.69) is 5.32 Å². The fourth-order valence-electron chi connectivity index (χ4n) is 4.37. The molecule has 0 fully saturated rings. The maximum atomic E-state index is 13.3. The summed E-state index contributed by atoms with van der Waals surface area (Å²) in [5, 5.41) is 13.5. The van der Waals surface area contributed by atoms with Crippen molar-refractivity contribution in [1.29, 1.82) is 0 Å². The Kier molecular flexibility index (Phi) is 6.24. The number of Topliss-reactive ketones (excluding diaryl/α,β-unsaturated/α-hetero) is 1. The molecule has 1 heterocycles. The molecule has 6 nitrogen and oxygen atoms in total. The molecule has 0 spiro atoms. The van der Waals surface area contributed by atoms with Crippen molar-refractivity contribution in [2.45, 2.75) is 32.3 Å². The van der Waals surface area contributed by atoms with Crippen LogP contribution in [0.25, 0.3) is 0 Å². The van der Waals surface area contributed by atoms with Gasteiger partial charge in [-0.05, 0) is 36.6 Å². The zero-order valence-electron chi connectivity index (χ0n) is 17.9. The highest BCUT2D eigenvalue weighted by molar-refractivity contribution is 6.32. The van der Waals surface area contributed by atoms with E-state index in [0.717, 1.165) is 11.3 Å². The van der Waals surface area contributed by atoms with Gasteiger partial charge in [-0.3, -0.25) is 4.79 Å². The minimum atomic E-state index is -0.620. The summed E-state index contributed by atoms with van der Waals surface area (Å²) in [7, 11) is 1.42. The largest absolute Gasteiger partial charge is 0.503 e. The van der Waals surface area contributed by atoms with Gasteiger partial charge in [0.15, 0.2) is 11.5 Å². The molecule has 0 bridgehead atoms. The van der Waals surface area contributed by atoms with Gasteiger partial charge in [-0.25, -0.2) is 4.79 Å². The van der Waals surface area contributed by atoms with Gasteiger partial charge >= 0.3 is 5.97 Å². The van der Waals surface area contributed by atoms with Crippen LogP contribution < -0.4 is 10.1 Å². The average Bonchev–Trinajstić information content (AvgIpc) is 2.79. The smallest absolute Gasteiger partial charge is 0.336 e. The molecule has 2 aliphatic rings. The molecular weight excluding hydrogens is 430 g/mol. The normalized spacial score (nSPS) is 20.2. The van der Waals surface area contributed by atoms with E-state index in [-0.39, 0.29) is 28.9 Å². The zero-order chi connectivity index (χ0) is 22.8. The summed E-state index contributed by atoms with van der Waals surface area (Å²) in [6.45, 7) is 1.91. The fraction of sp³-hybridized carbons (Fsp3) is 0.280. The molecule has 4 rings (SSSR count). The topological polar surface area (TPSA) is 84.9 Å². The van der Waals surface area contributed by atoms with Gasteiger partial charge < -0.3 is 19.9 Å². The number of allylic oxidation sites excluding steroid dienone is 3. The maximum Gasteiger partial charge on any atom is 0.336 e. The lowest BCUT2D eigenvalue weighted by molar-refractivity contribution is -0.141. The van der Waals surface area contributed by atoms with Gasteiger partial charge in [0.05, 0.1) is 23.6 Å². The second kappa shape index (κ2) is 9.09. The predicted octanol–water partition coefficient (Wildman–Crippen LogP) is 4.62. The molecule has 0 amide bonds. The van der Waals surface area contributed by atoms with Crippen LogP contribution in [0.1, 0.15) is 36.8 Å². The molecule has 7 heteroatoms. The molecule has 0 radical (unpaired) electrons. The first-order valence-corrected chi connectivity index (χ1v) is 10.8. The molecule has 2 N–H and O–H groups in total. The summed E-state index contributed by atoms with van der Waals surface area (Å²) < 4.78 is 10.9. The molecule has 32 heavy (non-hydrogen) atoms. The van der Waals surface area contributed by atoms with Gasteiger partial charge in [-0.2, -0.15) is 0 Å². The number of halogens is 1. The third kappa shape index (κ3) is 4.10. The third-order valence-corrected chi connectivity index (χ3v) is 6.17. The van der Waals surface area contributed by atoms with Crippen LogP contribution in [0.2, 0.25) is 5.02 Å². The molecule has 2 unspecified atom stereocenters. The number of hydrogen-bond donors (Lipinski definition) is 2. The average molecular weight is 454 g/mol. The van der Waals surface area contributed by atoms with Gasteiger partial charge in [-0.1, -0.05) is 48.0 Å².